The highest BCUT2D eigenvalue weighted by molar-refractivity contribution is 5.92. The molecule has 2 N–H and O–H groups in total. The molecule has 0 radical (unpaired) electrons. The Morgan fingerprint density at radius 1 is 1.31 bits per heavy atom. The molecule has 138 valence electrons. The van der Waals surface area contributed by atoms with Gasteiger partial charge in [0, 0.05) is 6.07 Å². The number of alkyl halides is 3. The Morgan fingerprint density at radius 3 is 2.54 bits per heavy atom. The average Bonchev–Trinajstić information content (AvgIpc) is 3.34. The van der Waals surface area contributed by atoms with Crippen LogP contribution < -0.4 is 10.9 Å². The molecule has 1 atom stereocenters. The highest BCUT2D eigenvalue weighted by atomic mass is 19.4. The van der Waals surface area contributed by atoms with Gasteiger partial charge in [-0.25, -0.2) is 9.37 Å². The predicted octanol–water partition coefficient (Wildman–Crippen LogP) is 3.12. The van der Waals surface area contributed by atoms with Crippen molar-refractivity contribution in [1.82, 2.24) is 15.3 Å². The molecule has 9 heteroatoms. The molecule has 0 unspecified atom stereocenters. The first-order chi connectivity index (χ1) is 12.1. The van der Waals surface area contributed by atoms with Gasteiger partial charge >= 0.3 is 6.18 Å². The Labute approximate surface area is 145 Å². The van der Waals surface area contributed by atoms with Gasteiger partial charge in [0.2, 0.25) is 0 Å². The number of nitrogens with zero attached hydrogens (tertiary/aromatic N) is 1. The van der Waals surface area contributed by atoms with Crippen LogP contribution in [-0.4, -0.2) is 15.9 Å². The fourth-order valence-corrected chi connectivity index (χ4v) is 2.77. The van der Waals surface area contributed by atoms with Gasteiger partial charge in [-0.2, -0.15) is 13.2 Å². The van der Waals surface area contributed by atoms with Gasteiger partial charge in [0.05, 0.1) is 11.6 Å². The van der Waals surface area contributed by atoms with Gasteiger partial charge in [0.15, 0.2) is 0 Å². The minimum absolute atomic E-state index is 0.00168. The lowest BCUT2D eigenvalue weighted by atomic mass is 10.00. The standard InChI is InChI=1S/C17H15F4N3O2/c1-8-22-13(7-14(25)23-8)16(26)24-15(9-2-3-9)10-4-5-11(12(18)6-10)17(19,20)21/h4-7,9,15H,2-3H2,1H3,(H,24,26)(H,22,23,25)/t15-/m1/s1. The smallest absolute Gasteiger partial charge is 0.344 e. The number of hydrogen-bond donors (Lipinski definition) is 2. The molecule has 1 saturated carbocycles. The molecule has 1 fully saturated rings. The number of aromatic amines is 1. The predicted molar refractivity (Wildman–Crippen MR) is 83.9 cm³/mol. The lowest BCUT2D eigenvalue weighted by molar-refractivity contribution is -0.140. The third-order valence-electron chi connectivity index (χ3n) is 4.13. The van der Waals surface area contributed by atoms with Crippen molar-refractivity contribution in [1.29, 1.82) is 0 Å². The number of carbonyl (C=O) groups is 1. The van der Waals surface area contributed by atoms with Gasteiger partial charge in [-0.1, -0.05) is 6.07 Å². The topological polar surface area (TPSA) is 74.8 Å². The largest absolute Gasteiger partial charge is 0.419 e. The number of hydrogen-bond acceptors (Lipinski definition) is 3. The van der Waals surface area contributed by atoms with E-state index in [1.54, 1.807) is 0 Å². The minimum Gasteiger partial charge on any atom is -0.344 e. The zero-order valence-electron chi connectivity index (χ0n) is 13.7. The molecule has 0 bridgehead atoms. The summed E-state index contributed by atoms with van der Waals surface area (Å²) < 4.78 is 52.0. The lowest BCUT2D eigenvalue weighted by Gasteiger charge is -2.20. The lowest BCUT2D eigenvalue weighted by Crippen LogP contribution is -2.32. The van der Waals surface area contributed by atoms with Crippen LogP contribution in [0, 0.1) is 18.7 Å². The zero-order valence-corrected chi connectivity index (χ0v) is 13.7. The monoisotopic (exact) mass is 369 g/mol. The summed E-state index contributed by atoms with van der Waals surface area (Å²) in [6, 6.07) is 3.00. The molecule has 1 amide bonds. The van der Waals surface area contributed by atoms with Crippen molar-refractivity contribution < 1.29 is 22.4 Å². The van der Waals surface area contributed by atoms with Gasteiger partial charge in [-0.3, -0.25) is 9.59 Å². The number of amides is 1. The van der Waals surface area contributed by atoms with Crippen LogP contribution in [0.1, 0.15) is 46.3 Å². The Hall–Kier alpha value is -2.71. The quantitative estimate of drug-likeness (QED) is 0.814. The number of carbonyl (C=O) groups excluding carboxylic acids is 1. The molecule has 0 spiro atoms. The Kier molecular flexibility index (Phi) is 4.55. The van der Waals surface area contributed by atoms with Crippen LogP contribution >= 0.6 is 0 Å². The molecule has 5 nitrogen and oxygen atoms in total. The van der Waals surface area contributed by atoms with Gasteiger partial charge in [-0.15, -0.1) is 0 Å². The van der Waals surface area contributed by atoms with Crippen molar-refractivity contribution in [2.45, 2.75) is 32.0 Å². The molecule has 1 aromatic heterocycles. The van der Waals surface area contributed by atoms with Crippen LogP contribution in [0.2, 0.25) is 0 Å². The Balaban J connectivity index is 1.87. The minimum atomic E-state index is -4.78. The normalized spacial score (nSPS) is 15.6. The maximum atomic E-state index is 13.9. The first-order valence-corrected chi connectivity index (χ1v) is 7.90. The first-order valence-electron chi connectivity index (χ1n) is 7.90. The second-order valence-electron chi connectivity index (χ2n) is 6.24. The van der Waals surface area contributed by atoms with E-state index in [0.29, 0.717) is 6.07 Å². The first kappa shape index (κ1) is 18.1. The molecule has 0 saturated heterocycles. The summed E-state index contributed by atoms with van der Waals surface area (Å²) in [5.74, 6) is -1.78. The SMILES string of the molecule is Cc1nc(C(=O)N[C@@H](c2ccc(C(F)(F)F)c(F)c2)C2CC2)cc(=O)[nH]1. The summed E-state index contributed by atoms with van der Waals surface area (Å²) in [6.45, 7) is 1.52. The third kappa shape index (κ3) is 3.92. The second kappa shape index (κ2) is 6.54. The van der Waals surface area contributed by atoms with E-state index in [-0.39, 0.29) is 23.0 Å². The molecule has 3 rings (SSSR count). The van der Waals surface area contributed by atoms with E-state index >= 15 is 0 Å². The van der Waals surface area contributed by atoms with Gasteiger partial charge < -0.3 is 10.3 Å². The Bertz CT molecular complexity index is 904. The summed E-state index contributed by atoms with van der Waals surface area (Å²) in [5.41, 5.74) is -1.71. The molecular formula is C17H15F4N3O2. The molecule has 1 aliphatic carbocycles. The molecule has 2 aromatic rings. The highest BCUT2D eigenvalue weighted by Gasteiger charge is 2.37. The molecular weight excluding hydrogens is 354 g/mol. The van der Waals surface area contributed by atoms with Crippen LogP contribution in [0.4, 0.5) is 17.6 Å². The Morgan fingerprint density at radius 2 is 2.00 bits per heavy atom. The number of halogens is 4. The van der Waals surface area contributed by atoms with Crippen molar-refractivity contribution in [2.24, 2.45) is 5.92 Å². The van der Waals surface area contributed by atoms with E-state index in [4.69, 9.17) is 0 Å². The van der Waals surface area contributed by atoms with E-state index in [2.05, 4.69) is 15.3 Å². The van der Waals surface area contributed by atoms with E-state index in [0.717, 1.165) is 31.0 Å². The average molecular weight is 369 g/mol. The number of nitrogens with one attached hydrogen (secondary N) is 2. The molecule has 0 aliphatic heterocycles. The number of H-pyrrole nitrogens is 1. The van der Waals surface area contributed by atoms with E-state index < -0.39 is 35.1 Å². The van der Waals surface area contributed by atoms with Crippen LogP contribution in [0.5, 0.6) is 0 Å². The molecule has 26 heavy (non-hydrogen) atoms. The van der Waals surface area contributed by atoms with Crippen molar-refractivity contribution in [2.75, 3.05) is 0 Å². The molecule has 1 aromatic carbocycles. The van der Waals surface area contributed by atoms with Crippen molar-refractivity contribution in [3.8, 4) is 0 Å². The van der Waals surface area contributed by atoms with Crippen molar-refractivity contribution >= 4 is 5.91 Å². The summed E-state index contributed by atoms with van der Waals surface area (Å²) in [6.07, 6.45) is -3.27. The van der Waals surface area contributed by atoms with Crippen LogP contribution in [0.3, 0.4) is 0 Å². The van der Waals surface area contributed by atoms with E-state index in [1.165, 1.54) is 6.92 Å². The van der Waals surface area contributed by atoms with Gasteiger partial charge in [0.25, 0.3) is 11.5 Å². The third-order valence-corrected chi connectivity index (χ3v) is 4.13. The van der Waals surface area contributed by atoms with Gasteiger partial charge in [-0.05, 0) is 43.4 Å². The summed E-state index contributed by atoms with van der Waals surface area (Å²) in [5, 5.41) is 2.65. The summed E-state index contributed by atoms with van der Waals surface area (Å²) in [7, 11) is 0. The number of aryl methyl sites for hydroxylation is 1. The van der Waals surface area contributed by atoms with E-state index in [9.17, 15) is 27.2 Å². The maximum Gasteiger partial charge on any atom is 0.419 e. The van der Waals surface area contributed by atoms with Crippen molar-refractivity contribution in [3.05, 3.63) is 63.1 Å². The summed E-state index contributed by atoms with van der Waals surface area (Å²) in [4.78, 5) is 30.2. The number of benzene rings is 1. The van der Waals surface area contributed by atoms with E-state index in [1.807, 2.05) is 0 Å². The van der Waals surface area contributed by atoms with Crippen LogP contribution in [0.15, 0.2) is 29.1 Å². The fourth-order valence-electron chi connectivity index (χ4n) is 2.77. The van der Waals surface area contributed by atoms with Gasteiger partial charge in [0.1, 0.15) is 17.3 Å². The summed E-state index contributed by atoms with van der Waals surface area (Å²) >= 11 is 0. The highest BCUT2D eigenvalue weighted by Crippen LogP contribution is 2.42. The van der Waals surface area contributed by atoms with Crippen LogP contribution in [-0.2, 0) is 6.18 Å². The molecule has 1 heterocycles. The second-order valence-corrected chi connectivity index (χ2v) is 6.24. The maximum absolute atomic E-state index is 13.9. The number of aromatic nitrogens is 2. The fraction of sp³-hybridized carbons (Fsp3) is 0.353. The molecule has 1 aliphatic rings. The van der Waals surface area contributed by atoms with Crippen LogP contribution in [0.25, 0.3) is 0 Å². The zero-order chi connectivity index (χ0) is 19.1. The number of rotatable bonds is 4. The van der Waals surface area contributed by atoms with Crippen molar-refractivity contribution in [3.63, 3.8) is 0 Å².